The third-order valence-electron chi connectivity index (χ3n) is 20.8. The maximum absolute atomic E-state index is 13.1. The fraction of sp³-hybridized carbons (Fsp3) is 0.183. The van der Waals surface area contributed by atoms with E-state index < -0.39 is 121 Å². The molecule has 28 nitrogen and oxygen atoms in total. The molecule has 0 bridgehead atoms. The van der Waals surface area contributed by atoms with Crippen LogP contribution in [0.3, 0.4) is 0 Å². The van der Waals surface area contributed by atoms with Gasteiger partial charge in [0.15, 0.2) is 22.6 Å². The number of aromatic nitrogens is 12. The average molecular weight is 1940 g/mol. The van der Waals surface area contributed by atoms with Crippen LogP contribution in [-0.2, 0) is 24.7 Å². The highest BCUT2D eigenvalue weighted by atomic mass is 35.5. The normalized spacial score (nSPS) is 12.7. The molecule has 4 unspecified atom stereocenters. The maximum atomic E-state index is 13.1. The standard InChI is InChI=1S/C24H21F3N4O3S.2C23H18ClF3N4O3.C23H19F3N4O3/c1-14(33)30(13-32)23-28-21(15-4-3-5-18(12-15)35-2)19-10-11-20(34)31(22(19)29-23)17-8-6-16(7-9-17)24(25,26)27;1-13(33)30(12-32)22-28-20(14-2-6-16(24)7-3-14)18-10-11-19(34)31(21(18)29-22)17-8-4-15(5-9-17)23(25,26)27;1-13(33)30(12-32)22-28-20(14-3-2-4-16(24)11-14)18-9-10-19(34)31(21(18)29-22)17-7-5-15(6-8-17)23(25,26)27;1-14(32)29(13-31)22-27-20(15-5-3-2-4-6-15)18-11-12-19(33)30(21(18)28-22)17-9-7-16(8-10-17)23(24,25)26/h3-12,14,32-33H,13H2,1-2H3;2*2-11,13,32-33H,12H2,1H3;2-12,14,31-32H,13H2,1H3. The van der Waals surface area contributed by atoms with E-state index in [0.717, 1.165) is 82.2 Å². The van der Waals surface area contributed by atoms with Crippen LogP contribution in [0.1, 0.15) is 49.9 Å². The fourth-order valence-corrected chi connectivity index (χ4v) is 14.8. The number of alkyl halides is 12. The molecule has 0 amide bonds. The molecule has 16 rings (SSSR count). The van der Waals surface area contributed by atoms with Crippen molar-refractivity contribution in [2.75, 3.05) is 52.8 Å². The van der Waals surface area contributed by atoms with Gasteiger partial charge in [0, 0.05) is 83.0 Å². The number of hydrogen-bond acceptors (Lipinski definition) is 25. The lowest BCUT2D eigenvalue weighted by atomic mass is 10.1. The second kappa shape index (κ2) is 41.4. The Labute approximate surface area is 775 Å². The Morgan fingerprint density at radius 1 is 0.301 bits per heavy atom. The number of pyridine rings is 4. The summed E-state index contributed by atoms with van der Waals surface area (Å²) in [5, 5.41) is 82.1. The van der Waals surface area contributed by atoms with Gasteiger partial charge in [0.25, 0.3) is 22.2 Å². The van der Waals surface area contributed by atoms with Crippen LogP contribution >= 0.6 is 35.0 Å². The minimum atomic E-state index is -4.53. The number of fused-ring (bicyclic) bond motifs is 4. The largest absolute Gasteiger partial charge is 0.416 e. The molecule has 0 radical (unpaired) electrons. The van der Waals surface area contributed by atoms with Crippen molar-refractivity contribution in [3.05, 3.63) is 322 Å². The minimum absolute atomic E-state index is 0.0502. The summed E-state index contributed by atoms with van der Waals surface area (Å²) in [7, 11) is 0. The number of thioether (sulfide) groups is 1. The van der Waals surface area contributed by atoms with Gasteiger partial charge < -0.3 is 40.9 Å². The van der Waals surface area contributed by atoms with Gasteiger partial charge in [-0.3, -0.25) is 57.0 Å². The zero-order valence-electron chi connectivity index (χ0n) is 71.4. The van der Waals surface area contributed by atoms with Gasteiger partial charge >= 0.3 is 24.7 Å². The molecule has 0 aliphatic carbocycles. The van der Waals surface area contributed by atoms with E-state index >= 15 is 0 Å². The van der Waals surface area contributed by atoms with Crippen molar-refractivity contribution >= 4 is 103 Å². The number of rotatable bonds is 21. The quantitative estimate of drug-likeness (QED) is 0.0188. The van der Waals surface area contributed by atoms with E-state index in [4.69, 9.17) is 23.2 Å². The molecule has 0 aliphatic rings. The van der Waals surface area contributed by atoms with Crippen LogP contribution in [0.25, 0.3) is 112 Å². The average Bonchev–Trinajstić information content (AvgIpc) is 0.764. The molecule has 0 fully saturated rings. The van der Waals surface area contributed by atoms with Gasteiger partial charge in [-0.1, -0.05) is 89.9 Å². The zero-order chi connectivity index (χ0) is 98.3. The number of hydrogen-bond donors (Lipinski definition) is 8. The summed E-state index contributed by atoms with van der Waals surface area (Å²) < 4.78 is 161. The number of anilines is 4. The molecular weight excluding hydrogens is 1860 g/mol. The van der Waals surface area contributed by atoms with E-state index in [9.17, 15) is 113 Å². The Bertz CT molecular complexity index is 7280. The Balaban J connectivity index is 0.000000153. The van der Waals surface area contributed by atoms with Crippen molar-refractivity contribution in [1.82, 2.24) is 58.1 Å². The molecule has 8 heterocycles. The van der Waals surface area contributed by atoms with Crippen molar-refractivity contribution in [3.8, 4) is 67.8 Å². The summed E-state index contributed by atoms with van der Waals surface area (Å²) in [5.41, 5.74) is -0.323. The first kappa shape index (κ1) is 99.4. The summed E-state index contributed by atoms with van der Waals surface area (Å²) in [5.74, 6) is -0.275. The SMILES string of the molecule is CC(O)N(CO)c1nc(-c2ccc(Cl)cc2)c2ccc(=O)n(-c3ccc(C(F)(F)F)cc3)c2n1.CC(O)N(CO)c1nc(-c2cccc(Cl)c2)c2ccc(=O)n(-c3ccc(C(F)(F)F)cc3)c2n1.CC(O)N(CO)c1nc(-c2ccccc2)c2ccc(=O)n(-c3ccc(C(F)(F)F)cc3)c2n1.CSc1cccc(-c2nc(N(CO)C(C)O)nc3c2ccc(=O)n3-c2ccc(C(F)(F)F)cc2)c1. The summed E-state index contributed by atoms with van der Waals surface area (Å²) in [6, 6.07) is 57.6. The molecule has 8 aromatic carbocycles. The van der Waals surface area contributed by atoms with Gasteiger partial charge in [0.1, 0.15) is 51.8 Å². The van der Waals surface area contributed by atoms with E-state index in [2.05, 4.69) is 39.9 Å². The Morgan fingerprint density at radius 3 is 0.801 bits per heavy atom. The van der Waals surface area contributed by atoms with Crippen molar-refractivity contribution in [2.45, 2.75) is 82.2 Å². The van der Waals surface area contributed by atoms with E-state index in [1.165, 1.54) is 140 Å². The molecule has 0 aliphatic heterocycles. The van der Waals surface area contributed by atoms with Crippen LogP contribution in [-0.4, -0.2) is 157 Å². The molecule has 704 valence electrons. The first-order chi connectivity index (χ1) is 64.5. The maximum Gasteiger partial charge on any atom is 0.416 e. The predicted octanol–water partition coefficient (Wildman–Crippen LogP) is 16.3. The van der Waals surface area contributed by atoms with Crippen LogP contribution < -0.4 is 41.8 Å². The van der Waals surface area contributed by atoms with Crippen LogP contribution in [0.4, 0.5) is 76.5 Å². The van der Waals surface area contributed by atoms with E-state index in [-0.39, 0.29) is 69.1 Å². The minimum Gasteiger partial charge on any atom is -0.376 e. The number of benzene rings is 8. The molecule has 8 N–H and O–H groups in total. The Kier molecular flexibility index (Phi) is 30.2. The molecule has 0 spiro atoms. The molecule has 136 heavy (non-hydrogen) atoms. The Hall–Kier alpha value is -14.1. The van der Waals surface area contributed by atoms with E-state index in [0.29, 0.717) is 76.6 Å². The number of halogens is 14. The molecule has 8 aromatic heterocycles. The summed E-state index contributed by atoms with van der Waals surface area (Å²) in [4.78, 5) is 92.5. The van der Waals surface area contributed by atoms with E-state index in [1.54, 1.807) is 78.9 Å². The van der Waals surface area contributed by atoms with Crippen molar-refractivity contribution in [2.24, 2.45) is 0 Å². The van der Waals surface area contributed by atoms with Crippen LogP contribution in [0.2, 0.25) is 10.0 Å². The summed E-state index contributed by atoms with van der Waals surface area (Å²) >= 11 is 13.7. The number of aliphatic hydroxyl groups excluding tert-OH is 8. The van der Waals surface area contributed by atoms with E-state index in [1.807, 2.05) is 36.6 Å². The number of aliphatic hydroxyl groups is 8. The second-order valence-corrected chi connectivity index (χ2v) is 31.5. The first-order valence-corrected chi connectivity index (χ1v) is 42.4. The van der Waals surface area contributed by atoms with Crippen LogP contribution in [0.5, 0.6) is 0 Å². The molecule has 0 saturated heterocycles. The van der Waals surface area contributed by atoms with Gasteiger partial charge in [-0.2, -0.15) is 72.6 Å². The van der Waals surface area contributed by atoms with Gasteiger partial charge in [0.05, 0.1) is 67.8 Å². The lowest BCUT2D eigenvalue weighted by Crippen LogP contribution is -2.35. The topological polar surface area (TPSA) is 366 Å². The summed E-state index contributed by atoms with van der Waals surface area (Å²) in [6.07, 6.45) is -20.8. The third kappa shape index (κ3) is 21.9. The van der Waals surface area contributed by atoms with Crippen LogP contribution in [0, 0.1) is 0 Å². The van der Waals surface area contributed by atoms with Crippen molar-refractivity contribution in [1.29, 1.82) is 0 Å². The molecule has 16 aromatic rings. The van der Waals surface area contributed by atoms with Crippen molar-refractivity contribution < 1.29 is 93.5 Å². The molecule has 43 heteroatoms. The van der Waals surface area contributed by atoms with Gasteiger partial charge in [-0.05, 0) is 192 Å². The second-order valence-electron chi connectivity index (χ2n) is 29.7. The highest BCUT2D eigenvalue weighted by Gasteiger charge is 2.35. The first-order valence-electron chi connectivity index (χ1n) is 40.4. The Morgan fingerprint density at radius 2 is 0.551 bits per heavy atom. The molecule has 4 atom stereocenters. The smallest absolute Gasteiger partial charge is 0.376 e. The van der Waals surface area contributed by atoms with Gasteiger partial charge in [0.2, 0.25) is 23.8 Å². The molecule has 0 saturated carbocycles. The number of nitrogens with zero attached hydrogens (tertiary/aromatic N) is 16. The third-order valence-corrected chi connectivity index (χ3v) is 22.0. The lowest BCUT2D eigenvalue weighted by Gasteiger charge is -2.24. The van der Waals surface area contributed by atoms with Crippen LogP contribution in [0.15, 0.2) is 273 Å². The lowest BCUT2D eigenvalue weighted by molar-refractivity contribution is -0.138. The zero-order valence-corrected chi connectivity index (χ0v) is 73.7. The molecular formula is C93H76Cl2F12N16O12S. The highest BCUT2D eigenvalue weighted by Crippen LogP contribution is 2.40. The van der Waals surface area contributed by atoms with Gasteiger partial charge in [-0.25, -0.2) is 19.9 Å². The summed E-state index contributed by atoms with van der Waals surface area (Å²) in [6.45, 7) is 3.18. The van der Waals surface area contributed by atoms with Gasteiger partial charge in [-0.15, -0.1) is 11.8 Å². The van der Waals surface area contributed by atoms with Crippen molar-refractivity contribution in [3.63, 3.8) is 0 Å². The highest BCUT2D eigenvalue weighted by molar-refractivity contribution is 7.98. The predicted molar refractivity (Wildman–Crippen MR) is 489 cm³/mol. The fourth-order valence-electron chi connectivity index (χ4n) is 14.0. The monoisotopic (exact) mass is 1940 g/mol.